The van der Waals surface area contributed by atoms with Gasteiger partial charge >= 0.3 is 0 Å². The minimum Gasteiger partial charge on any atom is -0.354 e. The number of aromatic nitrogens is 1. The van der Waals surface area contributed by atoms with Crippen molar-refractivity contribution in [1.29, 1.82) is 5.26 Å². The maximum atomic E-state index is 8.94. The molecular weight excluding hydrogens is 236 g/mol. The highest BCUT2D eigenvalue weighted by molar-refractivity contribution is 6.34. The van der Waals surface area contributed by atoms with Crippen LogP contribution < -0.4 is 10.6 Å². The van der Waals surface area contributed by atoms with Crippen LogP contribution in [0.2, 0.25) is 5.02 Å². The van der Waals surface area contributed by atoms with Crippen LogP contribution in [0.4, 0.5) is 5.82 Å². The molecule has 0 radical (unpaired) electrons. The fraction of sp³-hybridized carbons (Fsp3) is 0.500. The van der Waals surface area contributed by atoms with Gasteiger partial charge in [-0.2, -0.15) is 5.26 Å². The van der Waals surface area contributed by atoms with Crippen molar-refractivity contribution in [3.8, 4) is 6.07 Å². The first-order chi connectivity index (χ1) is 8.19. The Kier molecular flexibility index (Phi) is 3.51. The molecule has 1 saturated carbocycles. The lowest BCUT2D eigenvalue weighted by molar-refractivity contribution is 0.566. The summed E-state index contributed by atoms with van der Waals surface area (Å²) in [7, 11) is 1.94. The van der Waals surface area contributed by atoms with Crippen LogP contribution in [-0.4, -0.2) is 24.6 Å². The minimum atomic E-state index is 0.258. The monoisotopic (exact) mass is 250 g/mol. The highest BCUT2D eigenvalue weighted by Gasteiger charge is 2.34. The van der Waals surface area contributed by atoms with Crippen molar-refractivity contribution in [2.24, 2.45) is 11.7 Å². The zero-order valence-electron chi connectivity index (χ0n) is 9.73. The molecule has 0 aromatic carbocycles. The van der Waals surface area contributed by atoms with Crippen LogP contribution in [0.1, 0.15) is 18.4 Å². The number of hydrogen-bond donors (Lipinski definition) is 1. The summed E-state index contributed by atoms with van der Waals surface area (Å²) in [5.74, 6) is 1.28. The Hall–Kier alpha value is -1.31. The molecule has 0 bridgehead atoms. The zero-order valence-corrected chi connectivity index (χ0v) is 10.5. The fourth-order valence-corrected chi connectivity index (χ4v) is 2.36. The van der Waals surface area contributed by atoms with Crippen molar-refractivity contribution in [3.63, 3.8) is 0 Å². The molecule has 0 spiro atoms. The molecule has 4 nitrogen and oxygen atoms in total. The molecule has 0 amide bonds. The van der Waals surface area contributed by atoms with Gasteiger partial charge in [0.1, 0.15) is 16.9 Å². The van der Waals surface area contributed by atoms with E-state index in [1.807, 2.05) is 11.9 Å². The molecule has 1 aliphatic carbocycles. The third-order valence-electron chi connectivity index (χ3n) is 3.23. The highest BCUT2D eigenvalue weighted by Crippen LogP contribution is 2.37. The van der Waals surface area contributed by atoms with Gasteiger partial charge in [-0.05, 0) is 24.8 Å². The van der Waals surface area contributed by atoms with Gasteiger partial charge in [-0.25, -0.2) is 4.98 Å². The number of nitrogens with zero attached hydrogens (tertiary/aromatic N) is 3. The van der Waals surface area contributed by atoms with Gasteiger partial charge in [-0.3, -0.25) is 0 Å². The third-order valence-corrected chi connectivity index (χ3v) is 3.60. The smallest absolute Gasteiger partial charge is 0.148 e. The minimum absolute atomic E-state index is 0.258. The molecule has 17 heavy (non-hydrogen) atoms. The molecule has 1 aliphatic rings. The number of pyridine rings is 1. The van der Waals surface area contributed by atoms with E-state index in [4.69, 9.17) is 22.6 Å². The molecule has 1 unspecified atom stereocenters. The van der Waals surface area contributed by atoms with E-state index >= 15 is 0 Å². The molecule has 90 valence electrons. The van der Waals surface area contributed by atoms with E-state index in [-0.39, 0.29) is 6.04 Å². The molecular formula is C12H15ClN4. The van der Waals surface area contributed by atoms with Crippen molar-refractivity contribution >= 4 is 17.4 Å². The van der Waals surface area contributed by atoms with E-state index < -0.39 is 0 Å². The van der Waals surface area contributed by atoms with Crippen LogP contribution in [0.3, 0.4) is 0 Å². The second-order valence-corrected chi connectivity index (χ2v) is 4.74. The van der Waals surface area contributed by atoms with Crippen LogP contribution in [-0.2, 0) is 0 Å². The van der Waals surface area contributed by atoms with Gasteiger partial charge in [0.25, 0.3) is 0 Å². The predicted molar refractivity (Wildman–Crippen MR) is 67.9 cm³/mol. The van der Waals surface area contributed by atoms with E-state index in [2.05, 4.69) is 11.1 Å². The van der Waals surface area contributed by atoms with Gasteiger partial charge in [-0.1, -0.05) is 11.6 Å². The van der Waals surface area contributed by atoms with Gasteiger partial charge in [0.05, 0.1) is 5.56 Å². The second-order valence-electron chi connectivity index (χ2n) is 4.36. The van der Waals surface area contributed by atoms with Gasteiger partial charge in [0.2, 0.25) is 0 Å². The lowest BCUT2D eigenvalue weighted by Gasteiger charge is -2.28. The molecule has 2 rings (SSSR count). The number of anilines is 1. The first-order valence-electron chi connectivity index (χ1n) is 5.66. The number of rotatable bonds is 4. The molecule has 0 aliphatic heterocycles. The zero-order chi connectivity index (χ0) is 12.4. The second kappa shape index (κ2) is 4.91. The largest absolute Gasteiger partial charge is 0.354 e. The summed E-state index contributed by atoms with van der Waals surface area (Å²) < 4.78 is 0. The molecule has 1 fully saturated rings. The molecule has 1 heterocycles. The van der Waals surface area contributed by atoms with Gasteiger partial charge in [0, 0.05) is 25.8 Å². The number of nitrogens with two attached hydrogens (primary N) is 1. The van der Waals surface area contributed by atoms with E-state index in [0.29, 0.717) is 28.9 Å². The normalized spacial score (nSPS) is 16.4. The number of likely N-dealkylation sites (N-methyl/N-ethyl adjacent to an activating group) is 1. The van der Waals surface area contributed by atoms with Crippen molar-refractivity contribution in [3.05, 3.63) is 22.8 Å². The number of halogens is 1. The van der Waals surface area contributed by atoms with Crippen molar-refractivity contribution in [1.82, 2.24) is 4.98 Å². The van der Waals surface area contributed by atoms with Gasteiger partial charge in [0.15, 0.2) is 0 Å². The quantitative estimate of drug-likeness (QED) is 0.885. The van der Waals surface area contributed by atoms with Crippen LogP contribution in [0.5, 0.6) is 0 Å². The predicted octanol–water partition coefficient (Wildman–Crippen LogP) is 1.78. The average Bonchev–Trinajstić information content (AvgIpc) is 3.14. The Balaban J connectivity index is 2.29. The lowest BCUT2D eigenvalue weighted by atomic mass is 10.1. The van der Waals surface area contributed by atoms with Crippen LogP contribution in [0.25, 0.3) is 0 Å². The number of nitriles is 1. The van der Waals surface area contributed by atoms with Crippen LogP contribution in [0.15, 0.2) is 12.3 Å². The molecule has 1 atom stereocenters. The first-order valence-corrected chi connectivity index (χ1v) is 6.04. The Bertz CT molecular complexity index is 450. The summed E-state index contributed by atoms with van der Waals surface area (Å²) in [5, 5.41) is 9.35. The fourth-order valence-electron chi connectivity index (χ4n) is 2.07. The number of hydrogen-bond acceptors (Lipinski definition) is 4. The van der Waals surface area contributed by atoms with Crippen LogP contribution in [0, 0.1) is 17.2 Å². The van der Waals surface area contributed by atoms with Crippen molar-refractivity contribution in [2.75, 3.05) is 18.5 Å². The molecule has 1 aromatic rings. The Morgan fingerprint density at radius 3 is 2.94 bits per heavy atom. The van der Waals surface area contributed by atoms with Crippen molar-refractivity contribution in [2.45, 2.75) is 18.9 Å². The lowest BCUT2D eigenvalue weighted by Crippen LogP contribution is -2.40. The van der Waals surface area contributed by atoms with Crippen LogP contribution >= 0.6 is 11.6 Å². The summed E-state index contributed by atoms with van der Waals surface area (Å²) in [6.45, 7) is 0.579. The molecule has 1 aromatic heterocycles. The molecule has 5 heteroatoms. The van der Waals surface area contributed by atoms with Crippen molar-refractivity contribution < 1.29 is 0 Å². The molecule has 2 N–H and O–H groups in total. The van der Waals surface area contributed by atoms with Gasteiger partial charge < -0.3 is 10.6 Å². The van der Waals surface area contributed by atoms with E-state index in [1.165, 1.54) is 12.8 Å². The molecule has 0 saturated heterocycles. The summed E-state index contributed by atoms with van der Waals surface area (Å²) >= 11 is 6.16. The maximum absolute atomic E-state index is 8.94. The average molecular weight is 251 g/mol. The Morgan fingerprint density at radius 2 is 2.41 bits per heavy atom. The first kappa shape index (κ1) is 12.2. The van der Waals surface area contributed by atoms with E-state index in [1.54, 1.807) is 12.3 Å². The third kappa shape index (κ3) is 2.36. The maximum Gasteiger partial charge on any atom is 0.148 e. The summed E-state index contributed by atoms with van der Waals surface area (Å²) in [4.78, 5) is 6.25. The summed E-state index contributed by atoms with van der Waals surface area (Å²) in [6, 6.07) is 3.94. The topological polar surface area (TPSA) is 65.9 Å². The SMILES string of the molecule is CN(c1nccc(C#N)c1Cl)C(CN)C1CC1. The standard InChI is InChI=1S/C12H15ClN4/c1-17(10(7-15)8-2-3-8)12-11(13)9(6-14)4-5-16-12/h4-5,8,10H,2-3,7,15H2,1H3. The Labute approximate surface area is 106 Å². The van der Waals surface area contributed by atoms with E-state index in [9.17, 15) is 0 Å². The Morgan fingerprint density at radius 1 is 1.71 bits per heavy atom. The van der Waals surface area contributed by atoms with E-state index in [0.717, 1.165) is 0 Å². The summed E-state index contributed by atoms with van der Waals surface area (Å²) in [6.07, 6.45) is 4.03. The van der Waals surface area contributed by atoms with Gasteiger partial charge in [-0.15, -0.1) is 0 Å². The highest BCUT2D eigenvalue weighted by atomic mass is 35.5. The summed E-state index contributed by atoms with van der Waals surface area (Å²) in [5.41, 5.74) is 6.25.